The third-order valence-electron chi connectivity index (χ3n) is 3.28. The number of rotatable bonds is 6. The molecule has 1 aromatic carbocycles. The molecule has 2 aromatic rings. The molecule has 0 saturated heterocycles. The van der Waals surface area contributed by atoms with Crippen molar-refractivity contribution in [3.05, 3.63) is 52.2 Å². The fourth-order valence-corrected chi connectivity index (χ4v) is 3.12. The third-order valence-corrected chi connectivity index (χ3v) is 4.18. The van der Waals surface area contributed by atoms with E-state index in [0.717, 1.165) is 12.8 Å². The molecule has 0 radical (unpaired) electrons. The minimum Gasteiger partial charge on any atom is -0.508 e. The van der Waals surface area contributed by atoms with Crippen molar-refractivity contribution in [2.24, 2.45) is 0 Å². The maximum atomic E-state index is 9.35. The van der Waals surface area contributed by atoms with E-state index in [1.165, 1.54) is 10.4 Å². The molecule has 2 nitrogen and oxygen atoms in total. The Balaban J connectivity index is 1.96. The largest absolute Gasteiger partial charge is 0.508 e. The number of hydrogen-bond donors (Lipinski definition) is 2. The zero-order valence-corrected chi connectivity index (χ0v) is 12.3. The molecule has 19 heavy (non-hydrogen) atoms. The van der Waals surface area contributed by atoms with Crippen LogP contribution in [0.5, 0.6) is 5.75 Å². The SMILES string of the molecule is CCC(NC(C)Cc1cccs1)c1ccc(O)cc1. The fourth-order valence-electron chi connectivity index (χ4n) is 2.29. The molecule has 0 aliphatic rings. The Labute approximate surface area is 119 Å². The van der Waals surface area contributed by atoms with E-state index in [2.05, 4.69) is 36.7 Å². The van der Waals surface area contributed by atoms with Gasteiger partial charge in [0.25, 0.3) is 0 Å². The minimum atomic E-state index is 0.324. The van der Waals surface area contributed by atoms with Crippen molar-refractivity contribution < 1.29 is 5.11 Å². The number of phenolic OH excluding ortho intramolecular Hbond substituents is 1. The molecule has 0 aliphatic heterocycles. The van der Waals surface area contributed by atoms with Crippen molar-refractivity contribution in [1.82, 2.24) is 5.32 Å². The second kappa shape index (κ2) is 6.73. The molecule has 0 fully saturated rings. The number of aromatic hydroxyl groups is 1. The number of phenols is 1. The van der Waals surface area contributed by atoms with E-state index in [1.54, 1.807) is 12.1 Å². The lowest BCUT2D eigenvalue weighted by Gasteiger charge is -2.22. The molecule has 102 valence electrons. The van der Waals surface area contributed by atoms with Crippen LogP contribution in [0.2, 0.25) is 0 Å². The van der Waals surface area contributed by atoms with Crippen LogP contribution in [0.15, 0.2) is 41.8 Å². The van der Waals surface area contributed by atoms with Gasteiger partial charge in [0.15, 0.2) is 0 Å². The van der Waals surface area contributed by atoms with E-state index in [-0.39, 0.29) is 0 Å². The highest BCUT2D eigenvalue weighted by Crippen LogP contribution is 2.21. The Morgan fingerprint density at radius 1 is 1.21 bits per heavy atom. The summed E-state index contributed by atoms with van der Waals surface area (Å²) in [6.07, 6.45) is 2.10. The van der Waals surface area contributed by atoms with Gasteiger partial charge in [-0.25, -0.2) is 0 Å². The van der Waals surface area contributed by atoms with E-state index in [4.69, 9.17) is 0 Å². The third kappa shape index (κ3) is 4.08. The number of benzene rings is 1. The summed E-state index contributed by atoms with van der Waals surface area (Å²) in [5.74, 6) is 0.324. The van der Waals surface area contributed by atoms with E-state index in [1.807, 2.05) is 23.5 Å². The van der Waals surface area contributed by atoms with Crippen LogP contribution in [0.25, 0.3) is 0 Å². The second-order valence-electron chi connectivity index (χ2n) is 4.90. The summed E-state index contributed by atoms with van der Waals surface area (Å²) >= 11 is 1.81. The average Bonchev–Trinajstić information content (AvgIpc) is 2.90. The van der Waals surface area contributed by atoms with Crippen LogP contribution in [0.3, 0.4) is 0 Å². The molecular formula is C16H21NOS. The second-order valence-corrected chi connectivity index (χ2v) is 5.94. The smallest absolute Gasteiger partial charge is 0.115 e. The maximum Gasteiger partial charge on any atom is 0.115 e. The van der Waals surface area contributed by atoms with Gasteiger partial charge >= 0.3 is 0 Å². The van der Waals surface area contributed by atoms with Crippen molar-refractivity contribution >= 4 is 11.3 Å². The summed E-state index contributed by atoms with van der Waals surface area (Å²) in [5.41, 5.74) is 1.23. The Bertz CT molecular complexity index is 478. The monoisotopic (exact) mass is 275 g/mol. The quantitative estimate of drug-likeness (QED) is 0.831. The van der Waals surface area contributed by atoms with Crippen molar-refractivity contribution in [2.45, 2.75) is 38.8 Å². The van der Waals surface area contributed by atoms with Crippen molar-refractivity contribution in [3.63, 3.8) is 0 Å². The van der Waals surface area contributed by atoms with Gasteiger partial charge in [0.1, 0.15) is 5.75 Å². The first-order valence-corrected chi connectivity index (χ1v) is 7.64. The molecule has 3 heteroatoms. The Hall–Kier alpha value is -1.32. The van der Waals surface area contributed by atoms with E-state index >= 15 is 0 Å². The Kier molecular flexibility index (Phi) is 5.00. The first kappa shape index (κ1) is 14.1. The zero-order chi connectivity index (χ0) is 13.7. The van der Waals surface area contributed by atoms with Gasteiger partial charge in [0, 0.05) is 17.0 Å². The predicted octanol–water partition coefficient (Wildman–Crippen LogP) is 4.13. The highest BCUT2D eigenvalue weighted by Gasteiger charge is 2.13. The van der Waals surface area contributed by atoms with Crippen molar-refractivity contribution in [1.29, 1.82) is 0 Å². The molecule has 0 amide bonds. The van der Waals surface area contributed by atoms with Crippen molar-refractivity contribution in [3.8, 4) is 5.75 Å². The lowest BCUT2D eigenvalue weighted by Crippen LogP contribution is -2.31. The van der Waals surface area contributed by atoms with Gasteiger partial charge in [-0.1, -0.05) is 25.1 Å². The Morgan fingerprint density at radius 2 is 1.95 bits per heavy atom. The van der Waals surface area contributed by atoms with Gasteiger partial charge in [0.2, 0.25) is 0 Å². The molecule has 1 heterocycles. The van der Waals surface area contributed by atoms with Crippen molar-refractivity contribution in [2.75, 3.05) is 0 Å². The summed E-state index contributed by atoms with van der Waals surface area (Å²) in [7, 11) is 0. The Morgan fingerprint density at radius 3 is 2.53 bits per heavy atom. The molecule has 1 aromatic heterocycles. The van der Waals surface area contributed by atoms with Gasteiger partial charge in [-0.2, -0.15) is 0 Å². The summed E-state index contributed by atoms with van der Waals surface area (Å²) in [6.45, 7) is 4.41. The average molecular weight is 275 g/mol. The van der Waals surface area contributed by atoms with Gasteiger partial charge in [0.05, 0.1) is 0 Å². The summed E-state index contributed by atoms with van der Waals surface area (Å²) < 4.78 is 0. The van der Waals surface area contributed by atoms with Gasteiger partial charge in [-0.3, -0.25) is 0 Å². The normalized spacial score (nSPS) is 14.2. The molecule has 2 rings (SSSR count). The zero-order valence-electron chi connectivity index (χ0n) is 11.5. The molecule has 0 spiro atoms. The first-order chi connectivity index (χ1) is 9.19. The number of nitrogens with one attached hydrogen (secondary N) is 1. The number of hydrogen-bond acceptors (Lipinski definition) is 3. The van der Waals surface area contributed by atoms with Gasteiger partial charge in [-0.15, -0.1) is 11.3 Å². The van der Waals surface area contributed by atoms with Gasteiger partial charge < -0.3 is 10.4 Å². The van der Waals surface area contributed by atoms with E-state index < -0.39 is 0 Å². The highest BCUT2D eigenvalue weighted by atomic mass is 32.1. The maximum absolute atomic E-state index is 9.35. The van der Waals surface area contributed by atoms with E-state index in [0.29, 0.717) is 17.8 Å². The lowest BCUT2D eigenvalue weighted by molar-refractivity contribution is 0.443. The molecule has 0 saturated carbocycles. The van der Waals surface area contributed by atoms with Gasteiger partial charge in [-0.05, 0) is 48.9 Å². The molecule has 0 aliphatic carbocycles. The molecule has 0 bridgehead atoms. The lowest BCUT2D eigenvalue weighted by atomic mass is 10.0. The summed E-state index contributed by atoms with van der Waals surface area (Å²) in [5, 5.41) is 15.1. The van der Waals surface area contributed by atoms with Crippen LogP contribution in [-0.4, -0.2) is 11.1 Å². The minimum absolute atomic E-state index is 0.324. The highest BCUT2D eigenvalue weighted by molar-refractivity contribution is 7.09. The van der Waals surface area contributed by atoms with E-state index in [9.17, 15) is 5.11 Å². The van der Waals surface area contributed by atoms with Crippen LogP contribution in [0.4, 0.5) is 0 Å². The van der Waals surface area contributed by atoms with Crippen LogP contribution in [0.1, 0.15) is 36.8 Å². The fraction of sp³-hybridized carbons (Fsp3) is 0.375. The van der Waals surface area contributed by atoms with Crippen LogP contribution in [0, 0.1) is 0 Å². The van der Waals surface area contributed by atoms with Crippen LogP contribution < -0.4 is 5.32 Å². The molecular weight excluding hydrogens is 254 g/mol. The number of thiophene rings is 1. The molecule has 2 unspecified atom stereocenters. The van der Waals surface area contributed by atoms with Crippen LogP contribution >= 0.6 is 11.3 Å². The summed E-state index contributed by atoms with van der Waals surface area (Å²) in [6, 6.07) is 12.6. The topological polar surface area (TPSA) is 32.3 Å². The van der Waals surface area contributed by atoms with Crippen LogP contribution in [-0.2, 0) is 6.42 Å². The molecule has 2 atom stereocenters. The first-order valence-electron chi connectivity index (χ1n) is 6.76. The predicted molar refractivity (Wildman–Crippen MR) is 81.8 cm³/mol. The summed E-state index contributed by atoms with van der Waals surface area (Å²) in [4.78, 5) is 1.42. The molecule has 2 N–H and O–H groups in total. The standard InChI is InChI=1S/C16H21NOS/c1-3-16(13-6-8-14(18)9-7-13)17-12(2)11-15-5-4-10-19-15/h4-10,12,16-18H,3,11H2,1-2H3.